The highest BCUT2D eigenvalue weighted by Crippen LogP contribution is 2.56. The minimum absolute atomic E-state index is 0.0357. The third-order valence-electron chi connectivity index (χ3n) is 17.0. The Kier molecular flexibility index (Phi) is 6.98. The first-order valence-corrected chi connectivity index (χ1v) is 23.5. The average Bonchev–Trinajstić information content (AvgIpc) is 3.79. The number of nitrogens with zero attached hydrogens (tertiary/aromatic N) is 2. The SMILES string of the molecule is CC(C)(C)c1ccc(N2B3c4cc5c(cc4-n4c6cc7c(cc6c6ccc(c3c64)-c3cc4c(cc32)C(C)(C)CCC4(C)C)C(C)(C)c2ccccc2-7)C(C)(C)c2ccccc2-5)cc1. The van der Waals surface area contributed by atoms with Crippen LogP contribution in [0.1, 0.15) is 128 Å². The number of anilines is 2. The normalized spacial score (nSPS) is 18.4. The fourth-order valence-corrected chi connectivity index (χ4v) is 13.2. The molecule has 1 aromatic heterocycles. The summed E-state index contributed by atoms with van der Waals surface area (Å²) < 4.78 is 2.71. The van der Waals surface area contributed by atoms with Gasteiger partial charge in [0.15, 0.2) is 0 Å². The van der Waals surface area contributed by atoms with Gasteiger partial charge in [-0.1, -0.05) is 155 Å². The first kappa shape index (κ1) is 37.7. The number of aromatic nitrogens is 1. The molecule has 8 aromatic rings. The molecule has 2 nitrogen and oxygen atoms in total. The number of hydrogen-bond acceptors (Lipinski definition) is 1. The van der Waals surface area contributed by atoms with E-state index in [1.54, 1.807) is 0 Å². The average molecular weight is 817 g/mol. The van der Waals surface area contributed by atoms with Gasteiger partial charge in [0.05, 0.1) is 11.0 Å². The van der Waals surface area contributed by atoms with Gasteiger partial charge in [-0.3, -0.25) is 0 Å². The summed E-state index contributed by atoms with van der Waals surface area (Å²) in [6.07, 6.45) is 2.37. The van der Waals surface area contributed by atoms with E-state index in [1.807, 2.05) is 0 Å². The van der Waals surface area contributed by atoms with Crippen molar-refractivity contribution < 1.29 is 0 Å². The van der Waals surface area contributed by atoms with Crippen LogP contribution >= 0.6 is 0 Å². The summed E-state index contributed by atoms with van der Waals surface area (Å²) in [6.45, 7) is 26.5. The summed E-state index contributed by atoms with van der Waals surface area (Å²) in [6, 6.07) is 48.5. The van der Waals surface area contributed by atoms with Crippen LogP contribution in [0.2, 0.25) is 0 Å². The zero-order valence-corrected chi connectivity index (χ0v) is 38.9. The first-order valence-electron chi connectivity index (χ1n) is 23.5. The standard InChI is InChI=1S/C60H57BN2/c1-56(2,3)34-20-22-35(23-21-34)63-52-33-49-48(57(4,5)26-27-58(49,6)7)29-42(52)38-24-25-39-43-28-46-41(37-17-13-15-19-45(37)59(46,8)9)31-51(43)62-53-32-47-40(30-50(53)61(63)54(38)55(39)62)36-16-12-14-18-44(36)60(47,10)11/h12-25,28-33H,26-27H2,1-11H3. The predicted molar refractivity (Wildman–Crippen MR) is 269 cm³/mol. The first-order chi connectivity index (χ1) is 29.9. The quantitative estimate of drug-likeness (QED) is 0.150. The third-order valence-corrected chi connectivity index (χ3v) is 17.0. The van der Waals surface area contributed by atoms with Gasteiger partial charge in [-0.25, -0.2) is 0 Å². The molecule has 0 N–H and O–H groups in total. The highest BCUT2D eigenvalue weighted by Gasteiger charge is 2.48. The second-order valence-corrected chi connectivity index (χ2v) is 23.2. The molecule has 3 heterocycles. The van der Waals surface area contributed by atoms with Crippen LogP contribution in [-0.4, -0.2) is 11.4 Å². The van der Waals surface area contributed by atoms with Crippen molar-refractivity contribution in [1.82, 2.24) is 4.57 Å². The molecule has 0 saturated heterocycles. The Morgan fingerprint density at radius 1 is 0.476 bits per heavy atom. The van der Waals surface area contributed by atoms with E-state index in [0.29, 0.717) is 0 Å². The van der Waals surface area contributed by atoms with Crippen LogP contribution in [0.4, 0.5) is 11.4 Å². The van der Waals surface area contributed by atoms with Gasteiger partial charge in [0.25, 0.3) is 0 Å². The molecule has 0 amide bonds. The molecule has 0 spiro atoms. The molecule has 0 radical (unpaired) electrons. The van der Waals surface area contributed by atoms with Gasteiger partial charge >= 0.3 is 6.85 Å². The second-order valence-electron chi connectivity index (χ2n) is 23.2. The Labute approximate surface area is 374 Å². The zero-order chi connectivity index (χ0) is 43.5. The van der Waals surface area contributed by atoms with Crippen molar-refractivity contribution >= 4 is 51.0 Å². The van der Waals surface area contributed by atoms with E-state index < -0.39 is 0 Å². The van der Waals surface area contributed by atoms with Gasteiger partial charge in [0.2, 0.25) is 0 Å². The monoisotopic (exact) mass is 816 g/mol. The van der Waals surface area contributed by atoms with Gasteiger partial charge < -0.3 is 9.38 Å². The van der Waals surface area contributed by atoms with E-state index in [1.165, 1.54) is 135 Å². The molecule has 2 aliphatic heterocycles. The maximum atomic E-state index is 2.76. The molecule has 0 saturated carbocycles. The molecule has 3 heteroatoms. The lowest BCUT2D eigenvalue weighted by Crippen LogP contribution is -2.60. The minimum atomic E-state index is -0.131. The Morgan fingerprint density at radius 2 is 1.05 bits per heavy atom. The maximum absolute atomic E-state index is 2.76. The van der Waals surface area contributed by atoms with Crippen molar-refractivity contribution in [3.8, 4) is 39.1 Å². The highest BCUT2D eigenvalue weighted by atomic mass is 15.1. The van der Waals surface area contributed by atoms with Crippen LogP contribution in [-0.2, 0) is 27.1 Å². The van der Waals surface area contributed by atoms with E-state index in [-0.39, 0.29) is 33.9 Å². The smallest absolute Gasteiger partial charge is 0.333 e. The van der Waals surface area contributed by atoms with Crippen molar-refractivity contribution in [2.24, 2.45) is 0 Å². The lowest BCUT2D eigenvalue weighted by atomic mass is 9.43. The van der Waals surface area contributed by atoms with E-state index in [4.69, 9.17) is 0 Å². The summed E-state index contributed by atoms with van der Waals surface area (Å²) in [5.74, 6) is 0. The summed E-state index contributed by atoms with van der Waals surface area (Å²) in [5.41, 5.74) is 27.6. The van der Waals surface area contributed by atoms with Gasteiger partial charge in [-0.2, -0.15) is 0 Å². The third kappa shape index (κ3) is 4.66. The summed E-state index contributed by atoms with van der Waals surface area (Å²) >= 11 is 0. The Balaban J connectivity index is 1.20. The van der Waals surface area contributed by atoms with Crippen LogP contribution in [0.5, 0.6) is 0 Å². The molecule has 0 unspecified atom stereocenters. The van der Waals surface area contributed by atoms with Crippen molar-refractivity contribution in [2.45, 2.75) is 116 Å². The Bertz CT molecular complexity index is 3380. The summed E-state index contributed by atoms with van der Waals surface area (Å²) in [7, 11) is 0. The van der Waals surface area contributed by atoms with E-state index in [0.717, 1.165) is 0 Å². The molecule has 0 atom stereocenters. The Morgan fingerprint density at radius 3 is 1.68 bits per heavy atom. The van der Waals surface area contributed by atoms with Gasteiger partial charge in [0, 0.05) is 44.2 Å². The number of rotatable bonds is 1. The molecule has 13 rings (SSSR count). The van der Waals surface area contributed by atoms with E-state index in [2.05, 4.69) is 207 Å². The predicted octanol–water partition coefficient (Wildman–Crippen LogP) is 14.3. The van der Waals surface area contributed by atoms with Crippen molar-refractivity contribution in [3.05, 3.63) is 160 Å². The largest absolute Gasteiger partial charge is 0.376 e. The van der Waals surface area contributed by atoms with Crippen LogP contribution < -0.4 is 15.7 Å². The fourth-order valence-electron chi connectivity index (χ4n) is 13.2. The topological polar surface area (TPSA) is 8.17 Å². The summed E-state index contributed by atoms with van der Waals surface area (Å²) in [5, 5.41) is 2.70. The molecule has 310 valence electrons. The van der Waals surface area contributed by atoms with Crippen molar-refractivity contribution in [1.29, 1.82) is 0 Å². The van der Waals surface area contributed by atoms with E-state index >= 15 is 0 Å². The summed E-state index contributed by atoms with van der Waals surface area (Å²) in [4.78, 5) is 2.76. The van der Waals surface area contributed by atoms with Crippen molar-refractivity contribution in [3.63, 3.8) is 0 Å². The molecule has 0 bridgehead atoms. The van der Waals surface area contributed by atoms with Crippen molar-refractivity contribution in [2.75, 3.05) is 4.81 Å². The fraction of sp³-hybridized carbons (Fsp3) is 0.300. The van der Waals surface area contributed by atoms with E-state index in [9.17, 15) is 0 Å². The minimum Gasteiger partial charge on any atom is -0.376 e. The van der Waals surface area contributed by atoms with Gasteiger partial charge in [-0.05, 0) is 149 Å². The number of benzene rings is 7. The van der Waals surface area contributed by atoms with Gasteiger partial charge in [0.1, 0.15) is 0 Å². The lowest BCUT2D eigenvalue weighted by Gasteiger charge is -2.46. The molecule has 3 aliphatic carbocycles. The van der Waals surface area contributed by atoms with Crippen LogP contribution in [0.3, 0.4) is 0 Å². The molecule has 63 heavy (non-hydrogen) atoms. The molecular formula is C60H57BN2. The number of hydrogen-bond donors (Lipinski definition) is 0. The molecule has 5 aliphatic rings. The number of fused-ring (bicyclic) bond motifs is 15. The molecular weight excluding hydrogens is 759 g/mol. The lowest BCUT2D eigenvalue weighted by molar-refractivity contribution is 0.332. The van der Waals surface area contributed by atoms with Crippen LogP contribution in [0, 0.1) is 0 Å². The molecule has 7 aromatic carbocycles. The van der Waals surface area contributed by atoms with Crippen LogP contribution in [0.15, 0.2) is 121 Å². The zero-order valence-electron chi connectivity index (χ0n) is 38.9. The maximum Gasteiger partial charge on any atom is 0.333 e. The Hall–Kier alpha value is -5.80. The highest BCUT2D eigenvalue weighted by molar-refractivity contribution is 6.93. The van der Waals surface area contributed by atoms with Crippen LogP contribution in [0.25, 0.3) is 60.9 Å². The van der Waals surface area contributed by atoms with Gasteiger partial charge in [-0.15, -0.1) is 0 Å². The second kappa shape index (κ2) is 11.7. The molecule has 0 fully saturated rings.